The molecule has 92 valence electrons. The van der Waals surface area contributed by atoms with Crippen molar-refractivity contribution in [2.24, 2.45) is 0 Å². The monoisotopic (exact) mass is 241 g/mol. The minimum Gasteiger partial charge on any atom is -0.399 e. The van der Waals surface area contributed by atoms with Crippen LogP contribution < -0.4 is 5.46 Å². The molecule has 0 radical (unpaired) electrons. The van der Waals surface area contributed by atoms with Gasteiger partial charge >= 0.3 is 7.12 Å². The first-order valence-electron chi connectivity index (χ1n) is 9.37. The van der Waals surface area contributed by atoms with Crippen LogP contribution in [-0.2, 0) is 9.31 Å². The average molecular weight is 241 g/mol. The Morgan fingerprint density at radius 3 is 2.41 bits per heavy atom. The highest BCUT2D eigenvalue weighted by atomic mass is 16.7. The molecule has 0 N–H and O–H groups in total. The number of hydrogen-bond acceptors (Lipinski definition) is 3. The van der Waals surface area contributed by atoms with Gasteiger partial charge in [0, 0.05) is 25.6 Å². The first kappa shape index (κ1) is 5.85. The predicted molar refractivity (Wildman–Crippen MR) is 69.4 cm³/mol. The molecule has 1 aromatic heterocycles. The molecule has 1 saturated heterocycles. The third kappa shape index (κ3) is 2.12. The van der Waals surface area contributed by atoms with Gasteiger partial charge in [-0.05, 0) is 47.0 Å². The van der Waals surface area contributed by atoms with Crippen LogP contribution in [0.4, 0.5) is 0 Å². The summed E-state index contributed by atoms with van der Waals surface area (Å²) in [5.41, 5.74) is -3.17. The van der Waals surface area contributed by atoms with Crippen molar-refractivity contribution in [1.82, 2.24) is 4.98 Å². The summed E-state index contributed by atoms with van der Waals surface area (Å²) in [6.07, 6.45) is -0.539. The fourth-order valence-electron chi connectivity index (χ4n) is 1.47. The molecule has 2 heterocycles. The predicted octanol–water partition coefficient (Wildman–Crippen LogP) is 2.00. The van der Waals surface area contributed by atoms with E-state index in [1.165, 1.54) is 0 Å². The lowest BCUT2D eigenvalue weighted by atomic mass is 9.79. The standard InChI is InChI=1S/C13H20BNO2/c1-9-7-11(8-15-10(9)2)14-16-12(3,4)13(5,6)17-14/h7-8H,1-6H3/i1D3,2D3,7D,8D. The summed E-state index contributed by atoms with van der Waals surface area (Å²) in [5.74, 6) is 0. The molecule has 0 saturated carbocycles. The Labute approximate surface area is 115 Å². The van der Waals surface area contributed by atoms with Crippen molar-refractivity contribution in [3.05, 3.63) is 23.5 Å². The van der Waals surface area contributed by atoms with E-state index in [4.69, 9.17) is 20.3 Å². The van der Waals surface area contributed by atoms with Crippen LogP contribution in [0.25, 0.3) is 0 Å². The largest absolute Gasteiger partial charge is 0.496 e. The molecule has 2 rings (SSSR count). The lowest BCUT2D eigenvalue weighted by molar-refractivity contribution is 0.00578. The Bertz CT molecular complexity index is 683. The smallest absolute Gasteiger partial charge is 0.399 e. The first-order chi connectivity index (χ1) is 11.0. The van der Waals surface area contributed by atoms with E-state index in [0.717, 1.165) is 0 Å². The highest BCUT2D eigenvalue weighted by Crippen LogP contribution is 2.36. The molecule has 0 aromatic carbocycles. The lowest BCUT2D eigenvalue weighted by Crippen LogP contribution is -2.41. The van der Waals surface area contributed by atoms with Gasteiger partial charge in [0.05, 0.1) is 13.9 Å². The van der Waals surface area contributed by atoms with Gasteiger partial charge in [0.15, 0.2) is 0 Å². The van der Waals surface area contributed by atoms with Crippen molar-refractivity contribution < 1.29 is 20.3 Å². The van der Waals surface area contributed by atoms with Gasteiger partial charge in [-0.1, -0.05) is 6.04 Å². The van der Waals surface area contributed by atoms with E-state index < -0.39 is 55.5 Å². The Hall–Kier alpha value is -0.865. The normalized spacial score (nSPS) is 30.2. The molecule has 0 amide bonds. The molecule has 0 unspecified atom stereocenters. The van der Waals surface area contributed by atoms with E-state index in [1.54, 1.807) is 27.7 Å². The zero-order valence-electron chi connectivity index (χ0n) is 18.3. The summed E-state index contributed by atoms with van der Waals surface area (Å²) >= 11 is 0. The highest BCUT2D eigenvalue weighted by Gasteiger charge is 2.51. The number of hydrogen-bond donors (Lipinski definition) is 0. The van der Waals surface area contributed by atoms with E-state index in [2.05, 4.69) is 4.98 Å². The molecule has 4 heteroatoms. The van der Waals surface area contributed by atoms with E-state index >= 15 is 0 Å². The van der Waals surface area contributed by atoms with Crippen molar-refractivity contribution >= 4 is 12.6 Å². The van der Waals surface area contributed by atoms with Crippen LogP contribution >= 0.6 is 0 Å². The molecule has 3 nitrogen and oxygen atoms in total. The first-order valence-corrected chi connectivity index (χ1v) is 5.37. The second-order valence-electron chi connectivity index (χ2n) is 5.07. The molecular weight excluding hydrogens is 213 g/mol. The minimum absolute atomic E-state index is 0.183. The number of aromatic nitrogens is 1. The van der Waals surface area contributed by atoms with Crippen LogP contribution in [0.1, 0.15) is 49.9 Å². The number of pyridine rings is 1. The third-order valence-corrected chi connectivity index (χ3v) is 3.27. The quantitative estimate of drug-likeness (QED) is 0.705. The van der Waals surface area contributed by atoms with E-state index in [9.17, 15) is 0 Å². The average Bonchev–Trinajstić information content (AvgIpc) is 2.53. The van der Waals surface area contributed by atoms with E-state index in [0.29, 0.717) is 0 Å². The molecule has 1 aliphatic rings. The van der Waals surface area contributed by atoms with Gasteiger partial charge in [-0.3, -0.25) is 4.98 Å². The SMILES string of the molecule is [2H]c1nc(C([2H])([2H])[2H])c(C([2H])([2H])[2H])c([2H])c1B1OC(C)(C)C(C)(C)O1. The van der Waals surface area contributed by atoms with Crippen LogP contribution in [-0.4, -0.2) is 23.3 Å². The Morgan fingerprint density at radius 1 is 1.24 bits per heavy atom. The molecular formula is C13H20BNO2. The van der Waals surface area contributed by atoms with Gasteiger partial charge in [-0.15, -0.1) is 0 Å². The molecule has 17 heavy (non-hydrogen) atoms. The highest BCUT2D eigenvalue weighted by molar-refractivity contribution is 6.62. The summed E-state index contributed by atoms with van der Waals surface area (Å²) in [6, 6.07) is -0.607. The molecule has 1 fully saturated rings. The van der Waals surface area contributed by atoms with Crippen molar-refractivity contribution in [2.75, 3.05) is 0 Å². The van der Waals surface area contributed by atoms with E-state index in [-0.39, 0.29) is 5.46 Å². The summed E-state index contributed by atoms with van der Waals surface area (Å²) in [7, 11) is -1.18. The second kappa shape index (κ2) is 3.82. The maximum Gasteiger partial charge on any atom is 0.496 e. The number of rotatable bonds is 1. The Morgan fingerprint density at radius 2 is 1.88 bits per heavy atom. The second-order valence-corrected chi connectivity index (χ2v) is 5.07. The molecule has 0 bridgehead atoms. The van der Waals surface area contributed by atoms with Gasteiger partial charge in [0.1, 0.15) is 0 Å². The van der Waals surface area contributed by atoms with Crippen LogP contribution in [0.5, 0.6) is 0 Å². The Kier molecular flexibility index (Phi) is 1.31. The maximum absolute atomic E-state index is 8.26. The summed E-state index contributed by atoms with van der Waals surface area (Å²) < 4.78 is 73.1. The summed E-state index contributed by atoms with van der Waals surface area (Å²) in [6.45, 7) is 1.36. The van der Waals surface area contributed by atoms with Gasteiger partial charge in [-0.25, -0.2) is 0 Å². The summed E-state index contributed by atoms with van der Waals surface area (Å²) in [5, 5.41) is 0. The maximum atomic E-state index is 8.26. The van der Waals surface area contributed by atoms with Gasteiger partial charge in [-0.2, -0.15) is 0 Å². The van der Waals surface area contributed by atoms with E-state index in [1.807, 2.05) is 0 Å². The molecule has 0 atom stereocenters. The fourth-order valence-corrected chi connectivity index (χ4v) is 1.47. The molecule has 0 aliphatic carbocycles. The number of aryl methyl sites for hydroxylation is 1. The van der Waals surface area contributed by atoms with Gasteiger partial charge < -0.3 is 9.31 Å². The summed E-state index contributed by atoms with van der Waals surface area (Å²) in [4.78, 5) is 3.68. The third-order valence-electron chi connectivity index (χ3n) is 3.27. The zero-order chi connectivity index (χ0) is 19.6. The van der Waals surface area contributed by atoms with Crippen LogP contribution in [0, 0.1) is 13.7 Å². The zero-order valence-corrected chi connectivity index (χ0v) is 10.3. The van der Waals surface area contributed by atoms with Crippen molar-refractivity contribution in [2.45, 2.75) is 52.6 Å². The van der Waals surface area contributed by atoms with Crippen LogP contribution in [0.3, 0.4) is 0 Å². The van der Waals surface area contributed by atoms with Crippen LogP contribution in [0.15, 0.2) is 12.2 Å². The van der Waals surface area contributed by atoms with Crippen molar-refractivity contribution in [3.63, 3.8) is 0 Å². The van der Waals surface area contributed by atoms with Gasteiger partial charge in [0.2, 0.25) is 0 Å². The van der Waals surface area contributed by atoms with Crippen molar-refractivity contribution in [1.29, 1.82) is 0 Å². The fraction of sp³-hybridized carbons (Fsp3) is 0.615. The molecule has 1 aromatic rings. The molecule has 0 spiro atoms. The Balaban J connectivity index is 2.71. The molecule has 1 aliphatic heterocycles. The number of nitrogens with zero attached hydrogens (tertiary/aromatic N) is 1. The van der Waals surface area contributed by atoms with Crippen LogP contribution in [0.2, 0.25) is 0 Å². The van der Waals surface area contributed by atoms with Crippen molar-refractivity contribution in [3.8, 4) is 0 Å². The lowest BCUT2D eigenvalue weighted by Gasteiger charge is -2.32. The van der Waals surface area contributed by atoms with Gasteiger partial charge in [0.25, 0.3) is 0 Å². The minimum atomic E-state index is -2.88. The topological polar surface area (TPSA) is 31.4 Å².